The lowest BCUT2D eigenvalue weighted by molar-refractivity contribution is 0.00578. The average molecular weight is 477 g/mol. The molecule has 0 N–H and O–H groups in total. The summed E-state index contributed by atoms with van der Waals surface area (Å²) in [6.07, 6.45) is -0.650. The van der Waals surface area contributed by atoms with Crippen LogP contribution in [0.5, 0.6) is 0 Å². The van der Waals surface area contributed by atoms with Crippen molar-refractivity contribution in [1.29, 1.82) is 0 Å². The van der Waals surface area contributed by atoms with E-state index >= 15 is 0 Å². The van der Waals surface area contributed by atoms with Crippen LogP contribution in [0, 0.1) is 0 Å². The van der Waals surface area contributed by atoms with Crippen LogP contribution in [0.1, 0.15) is 64.5 Å². The number of hydrogen-bond acceptors (Lipinski definition) is 6. The van der Waals surface area contributed by atoms with Gasteiger partial charge in [-0.3, -0.25) is 0 Å². The van der Waals surface area contributed by atoms with Gasteiger partial charge >= 0.3 is 19.2 Å². The van der Waals surface area contributed by atoms with Crippen molar-refractivity contribution in [3.05, 3.63) is 65.9 Å². The molecule has 1 aliphatic heterocycles. The van der Waals surface area contributed by atoms with Gasteiger partial charge in [-0.15, -0.1) is 0 Å². The number of hydrogen-bond donors (Lipinski definition) is 0. The van der Waals surface area contributed by atoms with Crippen molar-refractivity contribution >= 4 is 35.5 Å². The van der Waals surface area contributed by atoms with E-state index in [1.807, 2.05) is 70.2 Å². The summed E-state index contributed by atoms with van der Waals surface area (Å²) in [6.45, 7) is 13.4. The molecule has 0 amide bonds. The van der Waals surface area contributed by atoms with Gasteiger partial charge in [0.05, 0.1) is 16.7 Å². The third-order valence-electron chi connectivity index (χ3n) is 6.35. The molecule has 7 nitrogen and oxygen atoms in total. The monoisotopic (exact) mass is 477 g/mol. The highest BCUT2D eigenvalue weighted by molar-refractivity contribution is 6.62. The summed E-state index contributed by atoms with van der Waals surface area (Å²) < 4.78 is 24.7. The molecule has 3 aromatic rings. The Hall–Kier alpha value is -3.10. The number of ether oxygens (including phenoxy) is 2. The highest BCUT2D eigenvalue weighted by atomic mass is 16.7. The molecule has 0 unspecified atom stereocenters. The van der Waals surface area contributed by atoms with Crippen molar-refractivity contribution in [3.8, 4) is 0 Å². The first-order chi connectivity index (χ1) is 16.3. The Morgan fingerprint density at radius 1 is 0.943 bits per heavy atom. The molecule has 1 fully saturated rings. The molecule has 0 aliphatic carbocycles. The predicted molar refractivity (Wildman–Crippen MR) is 135 cm³/mol. The fourth-order valence-electron chi connectivity index (χ4n) is 3.81. The first-order valence-electron chi connectivity index (χ1n) is 11.7. The van der Waals surface area contributed by atoms with E-state index in [1.54, 1.807) is 32.9 Å². The van der Waals surface area contributed by atoms with Crippen LogP contribution in [0.3, 0.4) is 0 Å². The number of benzene rings is 2. The molecular formula is C27H32BNO6. The lowest BCUT2D eigenvalue weighted by atomic mass is 9.78. The van der Waals surface area contributed by atoms with Crippen LogP contribution >= 0.6 is 0 Å². The van der Waals surface area contributed by atoms with Crippen molar-refractivity contribution in [1.82, 2.24) is 4.57 Å². The number of aromatic nitrogens is 1. The SMILES string of the molecule is CC(C)(C)OC(=O)n1c(C(=O)OCc2ccccc2)cc2cc(B3OC(C)(C)C(C)(C)O3)ccc21. The van der Waals surface area contributed by atoms with E-state index in [2.05, 4.69) is 0 Å². The van der Waals surface area contributed by atoms with E-state index in [4.69, 9.17) is 18.8 Å². The second kappa shape index (κ2) is 8.84. The molecule has 0 saturated carbocycles. The van der Waals surface area contributed by atoms with E-state index < -0.39 is 36.0 Å². The van der Waals surface area contributed by atoms with Gasteiger partial charge < -0.3 is 18.8 Å². The third-order valence-corrected chi connectivity index (χ3v) is 6.35. The van der Waals surface area contributed by atoms with Crippen molar-refractivity contribution in [2.24, 2.45) is 0 Å². The summed E-state index contributed by atoms with van der Waals surface area (Å²) in [5, 5.41) is 0.676. The number of esters is 1. The second-order valence-corrected chi connectivity index (χ2v) is 10.8. The molecule has 0 atom stereocenters. The van der Waals surface area contributed by atoms with Crippen LogP contribution in [0.15, 0.2) is 54.6 Å². The van der Waals surface area contributed by atoms with Crippen molar-refractivity contribution < 1.29 is 28.4 Å². The lowest BCUT2D eigenvalue weighted by Gasteiger charge is -2.32. The maximum Gasteiger partial charge on any atom is 0.494 e. The number of rotatable bonds is 4. The van der Waals surface area contributed by atoms with Gasteiger partial charge in [-0.05, 0) is 71.6 Å². The first kappa shape index (κ1) is 25.0. The molecule has 8 heteroatoms. The van der Waals surface area contributed by atoms with Crippen molar-refractivity contribution in [3.63, 3.8) is 0 Å². The lowest BCUT2D eigenvalue weighted by Crippen LogP contribution is -2.41. The molecule has 1 saturated heterocycles. The van der Waals surface area contributed by atoms with Crippen LogP contribution in [0.2, 0.25) is 0 Å². The van der Waals surface area contributed by atoms with Crippen LogP contribution in [0.4, 0.5) is 4.79 Å². The van der Waals surface area contributed by atoms with Gasteiger partial charge in [0.1, 0.15) is 17.9 Å². The van der Waals surface area contributed by atoms with Crippen LogP contribution in [-0.2, 0) is 25.4 Å². The molecule has 35 heavy (non-hydrogen) atoms. The molecule has 4 rings (SSSR count). The Bertz CT molecular complexity index is 1240. The molecule has 1 aliphatic rings. The molecule has 184 valence electrons. The summed E-state index contributed by atoms with van der Waals surface area (Å²) in [6, 6.07) is 16.5. The van der Waals surface area contributed by atoms with Gasteiger partial charge in [-0.1, -0.05) is 42.5 Å². The van der Waals surface area contributed by atoms with Gasteiger partial charge in [-0.25, -0.2) is 14.2 Å². The predicted octanol–water partition coefficient (Wildman–Crippen LogP) is 5.08. The Morgan fingerprint density at radius 2 is 1.57 bits per heavy atom. The van der Waals surface area contributed by atoms with Gasteiger partial charge in [0, 0.05) is 5.39 Å². The van der Waals surface area contributed by atoms with Gasteiger partial charge in [0.25, 0.3) is 0 Å². The van der Waals surface area contributed by atoms with Gasteiger partial charge in [0.15, 0.2) is 0 Å². The fourth-order valence-corrected chi connectivity index (χ4v) is 3.81. The summed E-state index contributed by atoms with van der Waals surface area (Å²) in [5.74, 6) is -0.618. The number of fused-ring (bicyclic) bond motifs is 1. The summed E-state index contributed by atoms with van der Waals surface area (Å²) in [5.41, 5.74) is 0.567. The van der Waals surface area contributed by atoms with E-state index in [0.717, 1.165) is 11.0 Å². The molecule has 1 aromatic heterocycles. The molecule has 0 bridgehead atoms. The van der Waals surface area contributed by atoms with E-state index in [9.17, 15) is 9.59 Å². The molecule has 0 spiro atoms. The van der Waals surface area contributed by atoms with Crippen molar-refractivity contribution in [2.45, 2.75) is 71.9 Å². The minimum atomic E-state index is -0.735. The number of carbonyl (C=O) groups excluding carboxylic acids is 2. The first-order valence-corrected chi connectivity index (χ1v) is 11.7. The molecule has 2 heterocycles. The van der Waals surface area contributed by atoms with Gasteiger partial charge in [-0.2, -0.15) is 0 Å². The van der Waals surface area contributed by atoms with E-state index in [0.29, 0.717) is 10.9 Å². The smallest absolute Gasteiger partial charge is 0.456 e. The van der Waals surface area contributed by atoms with E-state index in [1.165, 1.54) is 4.57 Å². The topological polar surface area (TPSA) is 76.0 Å². The van der Waals surface area contributed by atoms with Crippen LogP contribution in [-0.4, -0.2) is 40.6 Å². The molecule has 0 radical (unpaired) electrons. The number of carbonyl (C=O) groups is 2. The van der Waals surface area contributed by atoms with Gasteiger partial charge in [0.2, 0.25) is 0 Å². The van der Waals surface area contributed by atoms with Crippen LogP contribution in [0.25, 0.3) is 10.9 Å². The van der Waals surface area contributed by atoms with E-state index in [-0.39, 0.29) is 12.3 Å². The summed E-state index contributed by atoms with van der Waals surface area (Å²) in [7, 11) is -0.567. The van der Waals surface area contributed by atoms with Crippen LogP contribution < -0.4 is 5.46 Å². The Morgan fingerprint density at radius 3 is 2.17 bits per heavy atom. The summed E-state index contributed by atoms with van der Waals surface area (Å²) in [4.78, 5) is 26.2. The average Bonchev–Trinajstić information content (AvgIpc) is 3.25. The normalized spacial score (nSPS) is 16.9. The minimum absolute atomic E-state index is 0.0920. The standard InChI is InChI=1S/C27H32BNO6/c1-25(2,3)33-24(31)29-21-14-13-20(28-34-26(4,5)27(6,7)35-28)15-19(21)16-22(29)23(30)32-17-18-11-9-8-10-12-18/h8-16H,17H2,1-7H3. The summed E-state index contributed by atoms with van der Waals surface area (Å²) >= 11 is 0. The molecular weight excluding hydrogens is 445 g/mol. The maximum absolute atomic E-state index is 13.1. The zero-order valence-electron chi connectivity index (χ0n) is 21.4. The highest BCUT2D eigenvalue weighted by Gasteiger charge is 2.51. The number of nitrogens with zero attached hydrogens (tertiary/aromatic N) is 1. The third kappa shape index (κ3) is 5.14. The Balaban J connectivity index is 1.70. The largest absolute Gasteiger partial charge is 0.494 e. The maximum atomic E-state index is 13.1. The second-order valence-electron chi connectivity index (χ2n) is 10.8. The molecule has 2 aromatic carbocycles. The zero-order chi connectivity index (χ0) is 25.6. The van der Waals surface area contributed by atoms with Crippen molar-refractivity contribution in [2.75, 3.05) is 0 Å². The minimum Gasteiger partial charge on any atom is -0.456 e. The quantitative estimate of drug-likeness (QED) is 0.385. The Labute approximate surface area is 206 Å². The fraction of sp³-hybridized carbons (Fsp3) is 0.407. The Kier molecular flexibility index (Phi) is 6.32. The highest BCUT2D eigenvalue weighted by Crippen LogP contribution is 2.36. The zero-order valence-corrected chi connectivity index (χ0v) is 21.4.